The van der Waals surface area contributed by atoms with Crippen LogP contribution in [0.1, 0.15) is 21.3 Å². The first-order chi connectivity index (χ1) is 9.09. The molecule has 0 aliphatic rings. The van der Waals surface area contributed by atoms with Crippen LogP contribution in [0.25, 0.3) is 0 Å². The molecular weight excluding hydrogens is 266 g/mol. The van der Waals surface area contributed by atoms with Gasteiger partial charge in [0.2, 0.25) is 0 Å². The molecule has 0 fully saturated rings. The third kappa shape index (κ3) is 2.98. The van der Waals surface area contributed by atoms with Crippen molar-refractivity contribution in [3.63, 3.8) is 0 Å². The molecule has 0 aliphatic carbocycles. The van der Waals surface area contributed by atoms with E-state index in [1.165, 1.54) is 24.3 Å². The Labute approximate surface area is 114 Å². The average Bonchev–Trinajstić information content (AvgIpc) is 2.46. The molecule has 0 N–H and O–H groups in total. The Morgan fingerprint density at radius 1 is 1.05 bits per heavy atom. The van der Waals surface area contributed by atoms with Crippen LogP contribution in [-0.4, -0.2) is 10.7 Å². The lowest BCUT2D eigenvalue weighted by Gasteiger charge is -2.08. The first-order valence-corrected chi connectivity index (χ1v) is 6.01. The van der Waals surface area contributed by atoms with Crippen molar-refractivity contribution in [3.8, 4) is 0 Å². The Balaban J connectivity index is 2.22. The third-order valence-electron chi connectivity index (χ3n) is 2.69. The number of carbonyl (C=O) groups excluding carboxylic acids is 1. The molecule has 4 nitrogen and oxygen atoms in total. The van der Waals surface area contributed by atoms with Gasteiger partial charge < -0.3 is 0 Å². The Hall–Kier alpha value is -2.20. The van der Waals surface area contributed by atoms with E-state index in [2.05, 4.69) is 0 Å². The highest BCUT2D eigenvalue weighted by Crippen LogP contribution is 2.25. The van der Waals surface area contributed by atoms with Crippen molar-refractivity contribution < 1.29 is 9.72 Å². The zero-order valence-corrected chi connectivity index (χ0v) is 10.6. The first-order valence-electron chi connectivity index (χ1n) is 5.57. The summed E-state index contributed by atoms with van der Waals surface area (Å²) in [6.45, 7) is 0. The summed E-state index contributed by atoms with van der Waals surface area (Å²) in [7, 11) is 0. The predicted octanol–water partition coefficient (Wildman–Crippen LogP) is 3.76. The van der Waals surface area contributed by atoms with Gasteiger partial charge in [0, 0.05) is 17.7 Å². The van der Waals surface area contributed by atoms with E-state index in [4.69, 9.17) is 11.6 Å². The topological polar surface area (TPSA) is 60.2 Å². The van der Waals surface area contributed by atoms with Gasteiger partial charge in [0.15, 0.2) is 5.78 Å². The zero-order chi connectivity index (χ0) is 13.8. The first kappa shape index (κ1) is 13.2. The van der Waals surface area contributed by atoms with Crippen molar-refractivity contribution in [2.75, 3.05) is 0 Å². The number of nitrogens with zero attached hydrogens (tertiary/aromatic N) is 1. The van der Waals surface area contributed by atoms with Crippen molar-refractivity contribution in [2.24, 2.45) is 0 Å². The quantitative estimate of drug-likeness (QED) is 0.369. The minimum Gasteiger partial charge on any atom is -0.292 e. The molecule has 0 saturated heterocycles. The summed E-state index contributed by atoms with van der Waals surface area (Å²) >= 11 is 6.11. The number of non-ortho nitro benzene ring substituents is 1. The van der Waals surface area contributed by atoms with Crippen molar-refractivity contribution in [3.05, 3.63) is 75.8 Å². The molecular formula is C14H10ClNO3. The number of halogens is 1. The van der Waals surface area contributed by atoms with Crippen molar-refractivity contribution in [2.45, 2.75) is 5.38 Å². The summed E-state index contributed by atoms with van der Waals surface area (Å²) in [5.41, 5.74) is 1.00. The van der Waals surface area contributed by atoms with Crippen molar-refractivity contribution in [1.82, 2.24) is 0 Å². The number of carbonyl (C=O) groups is 1. The molecule has 0 amide bonds. The number of alkyl halides is 1. The summed E-state index contributed by atoms with van der Waals surface area (Å²) < 4.78 is 0. The largest absolute Gasteiger partial charge is 0.292 e. The van der Waals surface area contributed by atoms with Crippen LogP contribution in [0.15, 0.2) is 54.6 Å². The lowest BCUT2D eigenvalue weighted by Crippen LogP contribution is -2.07. The normalized spacial score (nSPS) is 11.8. The highest BCUT2D eigenvalue weighted by atomic mass is 35.5. The highest BCUT2D eigenvalue weighted by molar-refractivity contribution is 6.33. The SMILES string of the molecule is O=C(c1ccc([N+](=O)[O-])cc1)C(Cl)c1ccccc1. The molecule has 0 aliphatic heterocycles. The highest BCUT2D eigenvalue weighted by Gasteiger charge is 2.19. The molecule has 0 bridgehead atoms. The van der Waals surface area contributed by atoms with Crippen molar-refractivity contribution in [1.29, 1.82) is 0 Å². The van der Waals surface area contributed by atoms with Gasteiger partial charge >= 0.3 is 0 Å². The maximum absolute atomic E-state index is 12.1. The van der Waals surface area contributed by atoms with E-state index in [0.717, 1.165) is 0 Å². The van der Waals surface area contributed by atoms with E-state index in [0.29, 0.717) is 11.1 Å². The second-order valence-electron chi connectivity index (χ2n) is 3.94. The van der Waals surface area contributed by atoms with Gasteiger partial charge in [-0.1, -0.05) is 30.3 Å². The van der Waals surface area contributed by atoms with Gasteiger partial charge in [0.25, 0.3) is 5.69 Å². The molecule has 0 saturated carbocycles. The van der Waals surface area contributed by atoms with Crippen LogP contribution < -0.4 is 0 Å². The maximum atomic E-state index is 12.1. The molecule has 1 unspecified atom stereocenters. The number of rotatable bonds is 4. The number of hydrogen-bond donors (Lipinski definition) is 0. The molecule has 1 atom stereocenters. The predicted molar refractivity (Wildman–Crippen MR) is 72.5 cm³/mol. The molecule has 2 aromatic rings. The van der Waals surface area contributed by atoms with E-state index in [9.17, 15) is 14.9 Å². The van der Waals surface area contributed by atoms with Crippen LogP contribution in [0.3, 0.4) is 0 Å². The standard InChI is InChI=1S/C14H10ClNO3/c15-13(10-4-2-1-3-5-10)14(17)11-6-8-12(9-7-11)16(18)19/h1-9,13H. The fourth-order valence-electron chi connectivity index (χ4n) is 1.67. The molecule has 0 aromatic heterocycles. The van der Waals surface area contributed by atoms with Crippen LogP contribution in [0.5, 0.6) is 0 Å². The second kappa shape index (κ2) is 5.63. The fraction of sp³-hybridized carbons (Fsp3) is 0.0714. The summed E-state index contributed by atoms with van der Waals surface area (Å²) in [6.07, 6.45) is 0. The molecule has 0 spiro atoms. The fourth-order valence-corrected chi connectivity index (χ4v) is 1.94. The van der Waals surface area contributed by atoms with Gasteiger partial charge in [-0.15, -0.1) is 11.6 Å². The van der Waals surface area contributed by atoms with Crippen LogP contribution in [0.4, 0.5) is 5.69 Å². The van der Waals surface area contributed by atoms with E-state index in [-0.39, 0.29) is 11.5 Å². The summed E-state index contributed by atoms with van der Waals surface area (Å²) in [6, 6.07) is 14.4. The number of hydrogen-bond acceptors (Lipinski definition) is 3. The maximum Gasteiger partial charge on any atom is 0.269 e. The zero-order valence-electron chi connectivity index (χ0n) is 9.82. The minimum atomic E-state index is -0.789. The van der Waals surface area contributed by atoms with E-state index in [1.807, 2.05) is 6.07 Å². The second-order valence-corrected chi connectivity index (χ2v) is 4.38. The van der Waals surface area contributed by atoms with Gasteiger partial charge in [-0.25, -0.2) is 0 Å². The van der Waals surface area contributed by atoms with Gasteiger partial charge in [0.05, 0.1) is 4.92 Å². The van der Waals surface area contributed by atoms with E-state index >= 15 is 0 Å². The lowest BCUT2D eigenvalue weighted by atomic mass is 10.0. The number of Topliss-reactive ketones (excluding diaryl/α,β-unsaturated/α-hetero) is 1. The smallest absolute Gasteiger partial charge is 0.269 e. The van der Waals surface area contributed by atoms with Gasteiger partial charge in [0.1, 0.15) is 5.38 Å². The Morgan fingerprint density at radius 2 is 1.63 bits per heavy atom. The molecule has 2 rings (SSSR count). The van der Waals surface area contributed by atoms with E-state index in [1.54, 1.807) is 24.3 Å². The summed E-state index contributed by atoms with van der Waals surface area (Å²) in [5.74, 6) is -0.275. The monoisotopic (exact) mass is 275 g/mol. The Bertz CT molecular complexity index is 596. The lowest BCUT2D eigenvalue weighted by molar-refractivity contribution is -0.384. The van der Waals surface area contributed by atoms with Crippen LogP contribution in [0.2, 0.25) is 0 Å². The number of ketones is 1. The van der Waals surface area contributed by atoms with Crippen LogP contribution in [-0.2, 0) is 0 Å². The molecule has 0 heterocycles. The van der Waals surface area contributed by atoms with E-state index < -0.39 is 10.3 Å². The van der Waals surface area contributed by atoms with Gasteiger partial charge in [-0.3, -0.25) is 14.9 Å². The summed E-state index contributed by atoms with van der Waals surface area (Å²) in [4.78, 5) is 22.1. The molecule has 0 radical (unpaired) electrons. The summed E-state index contributed by atoms with van der Waals surface area (Å²) in [5, 5.41) is 9.74. The van der Waals surface area contributed by atoms with Crippen LogP contribution >= 0.6 is 11.6 Å². The molecule has 96 valence electrons. The number of benzene rings is 2. The van der Waals surface area contributed by atoms with Crippen molar-refractivity contribution >= 4 is 23.1 Å². The van der Waals surface area contributed by atoms with Crippen LogP contribution in [0, 0.1) is 10.1 Å². The minimum absolute atomic E-state index is 0.0533. The molecule has 19 heavy (non-hydrogen) atoms. The molecule has 5 heteroatoms. The number of nitro benzene ring substituents is 1. The Morgan fingerprint density at radius 3 is 2.16 bits per heavy atom. The van der Waals surface area contributed by atoms with Gasteiger partial charge in [-0.2, -0.15) is 0 Å². The number of nitro groups is 1. The average molecular weight is 276 g/mol. The third-order valence-corrected chi connectivity index (χ3v) is 3.14. The van der Waals surface area contributed by atoms with Gasteiger partial charge in [-0.05, 0) is 17.7 Å². The Kier molecular flexibility index (Phi) is 3.92. The molecule has 2 aromatic carbocycles.